The predicted molar refractivity (Wildman–Crippen MR) is 95.5 cm³/mol. The van der Waals surface area contributed by atoms with E-state index in [1.54, 1.807) is 62.9 Å². The highest BCUT2D eigenvalue weighted by Gasteiger charge is 2.25. The third kappa shape index (κ3) is 5.04. The molecule has 1 aromatic carbocycles. The van der Waals surface area contributed by atoms with Crippen LogP contribution in [-0.2, 0) is 4.79 Å². The maximum atomic E-state index is 12.4. The number of amides is 2. The van der Waals surface area contributed by atoms with Crippen molar-refractivity contribution in [3.8, 4) is 11.5 Å². The zero-order valence-electron chi connectivity index (χ0n) is 14.9. The summed E-state index contributed by atoms with van der Waals surface area (Å²) in [4.78, 5) is 30.1. The Balaban J connectivity index is 2.05. The first kappa shape index (κ1) is 18.4. The van der Waals surface area contributed by atoms with Crippen LogP contribution in [-0.4, -0.2) is 41.8 Å². The zero-order valence-corrected chi connectivity index (χ0v) is 14.9. The molecule has 0 spiro atoms. The number of ether oxygens (including phenoxy) is 1. The Morgan fingerprint density at radius 2 is 1.76 bits per heavy atom. The Labute approximate surface area is 147 Å². The van der Waals surface area contributed by atoms with Crippen molar-refractivity contribution in [3.63, 3.8) is 0 Å². The lowest BCUT2D eigenvalue weighted by Crippen LogP contribution is -2.49. The number of likely N-dealkylation sites (N-methyl/N-ethyl adjacent to an activating group) is 1. The molecule has 1 heterocycles. The maximum absolute atomic E-state index is 12.4. The first-order chi connectivity index (χ1) is 11.9. The van der Waals surface area contributed by atoms with E-state index in [0.29, 0.717) is 17.1 Å². The largest absolute Gasteiger partial charge is 0.456 e. The van der Waals surface area contributed by atoms with Crippen molar-refractivity contribution in [2.24, 2.45) is 5.92 Å². The van der Waals surface area contributed by atoms with Crippen LogP contribution in [0.3, 0.4) is 0 Å². The molecule has 0 radical (unpaired) electrons. The van der Waals surface area contributed by atoms with Gasteiger partial charge in [0, 0.05) is 25.9 Å². The monoisotopic (exact) mass is 341 g/mol. The van der Waals surface area contributed by atoms with Crippen LogP contribution in [0.25, 0.3) is 0 Å². The van der Waals surface area contributed by atoms with Gasteiger partial charge in [0.15, 0.2) is 0 Å². The van der Waals surface area contributed by atoms with E-state index in [1.165, 1.54) is 4.90 Å². The number of pyridine rings is 1. The zero-order chi connectivity index (χ0) is 18.4. The van der Waals surface area contributed by atoms with E-state index in [-0.39, 0.29) is 17.7 Å². The van der Waals surface area contributed by atoms with Crippen molar-refractivity contribution in [3.05, 3.63) is 54.4 Å². The number of hydrogen-bond donors (Lipinski definition) is 1. The predicted octanol–water partition coefficient (Wildman–Crippen LogP) is 2.72. The Kier molecular flexibility index (Phi) is 6.11. The van der Waals surface area contributed by atoms with Gasteiger partial charge in [-0.1, -0.05) is 13.8 Å². The normalized spacial score (nSPS) is 11.7. The molecule has 0 unspecified atom stereocenters. The third-order valence-electron chi connectivity index (χ3n) is 3.65. The SMILES string of the molecule is CC(C)[C@@H](NC(=O)c1ccc(Oc2cccnc2)cc1)C(=O)N(C)C. The Morgan fingerprint density at radius 1 is 1.08 bits per heavy atom. The van der Waals surface area contributed by atoms with E-state index in [1.807, 2.05) is 13.8 Å². The van der Waals surface area contributed by atoms with Gasteiger partial charge in [0.2, 0.25) is 5.91 Å². The first-order valence-electron chi connectivity index (χ1n) is 8.08. The van der Waals surface area contributed by atoms with Gasteiger partial charge in [0.25, 0.3) is 5.91 Å². The number of aromatic nitrogens is 1. The number of benzene rings is 1. The van der Waals surface area contributed by atoms with Crippen LogP contribution in [0.2, 0.25) is 0 Å². The van der Waals surface area contributed by atoms with E-state index < -0.39 is 6.04 Å². The summed E-state index contributed by atoms with van der Waals surface area (Å²) >= 11 is 0. The van der Waals surface area contributed by atoms with Crippen LogP contribution in [0.5, 0.6) is 11.5 Å². The fourth-order valence-electron chi connectivity index (χ4n) is 2.23. The fourth-order valence-corrected chi connectivity index (χ4v) is 2.23. The minimum atomic E-state index is -0.561. The van der Waals surface area contributed by atoms with Gasteiger partial charge in [-0.25, -0.2) is 0 Å². The van der Waals surface area contributed by atoms with Crippen LogP contribution in [0, 0.1) is 5.92 Å². The highest BCUT2D eigenvalue weighted by atomic mass is 16.5. The molecule has 0 aliphatic heterocycles. The molecule has 6 nitrogen and oxygen atoms in total. The van der Waals surface area contributed by atoms with Crippen molar-refractivity contribution < 1.29 is 14.3 Å². The van der Waals surface area contributed by atoms with Crippen LogP contribution in [0.15, 0.2) is 48.8 Å². The molecule has 0 aliphatic carbocycles. The summed E-state index contributed by atoms with van der Waals surface area (Å²) in [6, 6.07) is 9.77. The lowest BCUT2D eigenvalue weighted by atomic mass is 10.0. The number of hydrogen-bond acceptors (Lipinski definition) is 4. The molecule has 2 rings (SSSR count). The van der Waals surface area contributed by atoms with Gasteiger partial charge in [-0.15, -0.1) is 0 Å². The topological polar surface area (TPSA) is 71.5 Å². The van der Waals surface area contributed by atoms with Crippen molar-refractivity contribution in [1.29, 1.82) is 0 Å². The second kappa shape index (κ2) is 8.28. The Bertz CT molecular complexity index is 712. The number of carbonyl (C=O) groups excluding carboxylic acids is 2. The third-order valence-corrected chi connectivity index (χ3v) is 3.65. The van der Waals surface area contributed by atoms with E-state index in [0.717, 1.165) is 0 Å². The van der Waals surface area contributed by atoms with Gasteiger partial charge in [0.1, 0.15) is 17.5 Å². The smallest absolute Gasteiger partial charge is 0.251 e. The summed E-state index contributed by atoms with van der Waals surface area (Å²) in [5, 5.41) is 2.80. The summed E-state index contributed by atoms with van der Waals surface area (Å²) in [5.74, 6) is 0.805. The molecule has 0 bridgehead atoms. The molecule has 1 N–H and O–H groups in total. The van der Waals surface area contributed by atoms with Crippen molar-refractivity contribution >= 4 is 11.8 Å². The number of nitrogens with zero attached hydrogens (tertiary/aromatic N) is 2. The van der Waals surface area contributed by atoms with E-state index >= 15 is 0 Å². The van der Waals surface area contributed by atoms with E-state index in [2.05, 4.69) is 10.3 Å². The lowest BCUT2D eigenvalue weighted by molar-refractivity contribution is -0.131. The average Bonchev–Trinajstić information content (AvgIpc) is 2.60. The van der Waals surface area contributed by atoms with Crippen molar-refractivity contribution in [1.82, 2.24) is 15.2 Å². The standard InChI is InChI=1S/C19H23N3O3/c1-13(2)17(19(24)22(3)4)21-18(23)14-7-9-15(10-8-14)25-16-6-5-11-20-12-16/h5-13,17H,1-4H3,(H,21,23)/t17-/m1/s1. The van der Waals surface area contributed by atoms with Gasteiger partial charge in [-0.2, -0.15) is 0 Å². The minimum absolute atomic E-state index is 0.00737. The average molecular weight is 341 g/mol. The molecule has 0 saturated carbocycles. The number of carbonyl (C=O) groups is 2. The molecule has 132 valence electrons. The molecule has 0 aliphatic rings. The molecule has 1 atom stereocenters. The second-order valence-electron chi connectivity index (χ2n) is 6.24. The summed E-state index contributed by atoms with van der Waals surface area (Å²) in [6.07, 6.45) is 3.28. The summed E-state index contributed by atoms with van der Waals surface area (Å²) in [5.41, 5.74) is 0.468. The molecular weight excluding hydrogens is 318 g/mol. The van der Waals surface area contributed by atoms with E-state index in [4.69, 9.17) is 4.74 Å². The second-order valence-corrected chi connectivity index (χ2v) is 6.24. The first-order valence-corrected chi connectivity index (χ1v) is 8.08. The summed E-state index contributed by atoms with van der Waals surface area (Å²) in [7, 11) is 3.35. The van der Waals surface area contributed by atoms with E-state index in [9.17, 15) is 9.59 Å². The molecule has 1 aromatic heterocycles. The lowest BCUT2D eigenvalue weighted by Gasteiger charge is -2.24. The molecule has 6 heteroatoms. The van der Waals surface area contributed by atoms with Gasteiger partial charge in [-0.3, -0.25) is 14.6 Å². The van der Waals surface area contributed by atoms with Crippen molar-refractivity contribution in [2.75, 3.05) is 14.1 Å². The number of nitrogens with one attached hydrogen (secondary N) is 1. The van der Waals surface area contributed by atoms with Crippen LogP contribution in [0.4, 0.5) is 0 Å². The van der Waals surface area contributed by atoms with Crippen LogP contribution < -0.4 is 10.1 Å². The molecule has 0 saturated heterocycles. The summed E-state index contributed by atoms with van der Waals surface area (Å²) in [6.45, 7) is 3.80. The molecule has 0 fully saturated rings. The van der Waals surface area contributed by atoms with Gasteiger partial charge in [0.05, 0.1) is 6.20 Å². The van der Waals surface area contributed by atoms with Crippen LogP contribution in [0.1, 0.15) is 24.2 Å². The van der Waals surface area contributed by atoms with Gasteiger partial charge in [-0.05, 0) is 42.3 Å². The molecule has 2 amide bonds. The van der Waals surface area contributed by atoms with Gasteiger partial charge >= 0.3 is 0 Å². The molecule has 25 heavy (non-hydrogen) atoms. The highest BCUT2D eigenvalue weighted by molar-refractivity contribution is 5.97. The van der Waals surface area contributed by atoms with Crippen LogP contribution >= 0.6 is 0 Å². The van der Waals surface area contributed by atoms with Gasteiger partial charge < -0.3 is 15.0 Å². The highest BCUT2D eigenvalue weighted by Crippen LogP contribution is 2.20. The fraction of sp³-hybridized carbons (Fsp3) is 0.316. The quantitative estimate of drug-likeness (QED) is 0.877. The minimum Gasteiger partial charge on any atom is -0.456 e. The molecule has 2 aromatic rings. The maximum Gasteiger partial charge on any atom is 0.251 e. The summed E-state index contributed by atoms with van der Waals surface area (Å²) < 4.78 is 5.65. The number of rotatable bonds is 6. The Hall–Kier alpha value is -2.89. The molecular formula is C19H23N3O3. The Morgan fingerprint density at radius 3 is 2.28 bits per heavy atom. The van der Waals surface area contributed by atoms with Crippen molar-refractivity contribution in [2.45, 2.75) is 19.9 Å².